The molecular weight excluding hydrogens is 405 g/mol. The zero-order chi connectivity index (χ0) is 22.6. The summed E-state index contributed by atoms with van der Waals surface area (Å²) in [6.07, 6.45) is 0. The second-order valence-corrected chi connectivity index (χ2v) is 7.81. The van der Waals surface area contributed by atoms with Crippen molar-refractivity contribution in [2.24, 2.45) is 0 Å². The van der Waals surface area contributed by atoms with Gasteiger partial charge in [-0.2, -0.15) is 0 Å². The van der Waals surface area contributed by atoms with Crippen molar-refractivity contribution in [3.8, 4) is 44.4 Å². The van der Waals surface area contributed by atoms with Crippen LogP contribution >= 0.6 is 0 Å². The molecule has 0 amide bonds. The Balaban J connectivity index is 1.85. The normalized spacial score (nSPS) is 10.5. The van der Waals surface area contributed by atoms with Gasteiger partial charge in [0, 0.05) is 0 Å². The maximum atomic E-state index is 11.2. The van der Waals surface area contributed by atoms with E-state index in [1.165, 1.54) is 0 Å². The monoisotopic (exact) mass is 425 g/mol. The summed E-state index contributed by atoms with van der Waals surface area (Å²) >= 11 is 0. The Labute approximate surface area is 193 Å². The van der Waals surface area contributed by atoms with E-state index in [-0.39, 0.29) is 10.6 Å². The van der Waals surface area contributed by atoms with Gasteiger partial charge in [0.25, 0.3) is 0 Å². The van der Waals surface area contributed by atoms with Gasteiger partial charge in [0.1, 0.15) is 0 Å². The molecule has 0 spiro atoms. The molecule has 3 nitrogen and oxygen atoms in total. The van der Waals surface area contributed by atoms with E-state index in [2.05, 4.69) is 73.5 Å². The molecular formula is C29H20BNO2. The van der Waals surface area contributed by atoms with E-state index in [0.29, 0.717) is 0 Å². The van der Waals surface area contributed by atoms with Gasteiger partial charge >= 0.3 is 193 Å². The molecule has 5 rings (SSSR count). The van der Waals surface area contributed by atoms with Gasteiger partial charge in [-0.15, -0.1) is 0 Å². The van der Waals surface area contributed by atoms with Crippen LogP contribution in [0, 0.1) is 10.1 Å². The molecule has 0 N–H and O–H groups in total. The van der Waals surface area contributed by atoms with E-state index in [4.69, 9.17) is 0 Å². The molecule has 1 heterocycles. The average Bonchev–Trinajstić information content (AvgIpc) is 2.89. The Hall–Kier alpha value is -4.31. The van der Waals surface area contributed by atoms with Gasteiger partial charge in [-0.1, -0.05) is 0 Å². The van der Waals surface area contributed by atoms with Crippen molar-refractivity contribution in [3.63, 3.8) is 0 Å². The number of non-ortho nitro benzene ring substituents is 1. The van der Waals surface area contributed by atoms with Gasteiger partial charge < -0.3 is 0 Å². The zero-order valence-electron chi connectivity index (χ0n) is 17.9. The van der Waals surface area contributed by atoms with Crippen LogP contribution in [0.1, 0.15) is 0 Å². The van der Waals surface area contributed by atoms with E-state index in [1.54, 1.807) is 12.1 Å². The van der Waals surface area contributed by atoms with Gasteiger partial charge in [0.15, 0.2) is 0 Å². The summed E-state index contributed by atoms with van der Waals surface area (Å²) in [5, 5.41) is 11.2. The molecule has 33 heavy (non-hydrogen) atoms. The summed E-state index contributed by atoms with van der Waals surface area (Å²) in [5.74, 6) is 2.12. The first-order valence-corrected chi connectivity index (χ1v) is 10.8. The van der Waals surface area contributed by atoms with Crippen molar-refractivity contribution in [3.05, 3.63) is 131 Å². The van der Waals surface area contributed by atoms with Gasteiger partial charge in [0.2, 0.25) is 0 Å². The topological polar surface area (TPSA) is 43.1 Å². The molecule has 0 saturated heterocycles. The summed E-state index contributed by atoms with van der Waals surface area (Å²) in [5.41, 5.74) is 8.83. The second kappa shape index (κ2) is 9.05. The molecule has 4 heteroatoms. The molecule has 156 valence electrons. The number of nitro groups is 1. The van der Waals surface area contributed by atoms with Crippen LogP contribution in [0.5, 0.6) is 0 Å². The van der Waals surface area contributed by atoms with E-state index < -0.39 is 0 Å². The molecule has 0 unspecified atom stereocenters. The van der Waals surface area contributed by atoms with Crippen LogP contribution in [0.15, 0.2) is 121 Å². The number of benzene rings is 4. The van der Waals surface area contributed by atoms with Crippen LogP contribution in [0.25, 0.3) is 44.4 Å². The molecule has 1 aromatic heterocycles. The molecule has 0 aliphatic heterocycles. The minimum absolute atomic E-state index is 0.0872. The Bertz CT molecular complexity index is 1400. The number of rotatable bonds is 5. The maximum absolute atomic E-state index is 11.2. The van der Waals surface area contributed by atoms with Crippen molar-refractivity contribution in [1.29, 1.82) is 0 Å². The Morgan fingerprint density at radius 3 is 1.55 bits per heavy atom. The van der Waals surface area contributed by atoms with Gasteiger partial charge in [-0.05, 0) is 0 Å². The third-order valence-electron chi connectivity index (χ3n) is 5.80. The van der Waals surface area contributed by atoms with Crippen molar-refractivity contribution in [2.75, 3.05) is 0 Å². The van der Waals surface area contributed by atoms with E-state index >= 15 is 0 Å². The van der Waals surface area contributed by atoms with Crippen LogP contribution in [0.2, 0.25) is 0 Å². The van der Waals surface area contributed by atoms with Crippen LogP contribution in [-0.2, 0) is 0 Å². The number of hydrogen-bond acceptors (Lipinski definition) is 2. The first-order valence-electron chi connectivity index (χ1n) is 10.8. The molecule has 0 atom stereocenters. The molecule has 0 aliphatic carbocycles. The Morgan fingerprint density at radius 1 is 0.545 bits per heavy atom. The summed E-state index contributed by atoms with van der Waals surface area (Å²) in [6, 6.07) is 37.9. The molecule has 5 aromatic rings. The van der Waals surface area contributed by atoms with Crippen LogP contribution in [-0.4, -0.2) is 11.8 Å². The molecule has 0 aliphatic rings. The minimum atomic E-state index is -0.365. The number of nitrogens with zero attached hydrogens (tertiary/aromatic N) is 1. The fraction of sp³-hybridized carbons (Fsp3) is 0. The number of nitro benzene ring substituents is 1. The first-order chi connectivity index (χ1) is 16.2. The molecule has 0 bridgehead atoms. The zero-order valence-corrected chi connectivity index (χ0v) is 17.9. The van der Waals surface area contributed by atoms with Crippen LogP contribution < -0.4 is 0 Å². The third-order valence-corrected chi connectivity index (χ3v) is 5.80. The fourth-order valence-electron chi connectivity index (χ4n) is 4.27. The summed E-state index contributed by atoms with van der Waals surface area (Å²) in [7, 11) is 0. The van der Waals surface area contributed by atoms with Crippen molar-refractivity contribution < 1.29 is 4.92 Å². The average molecular weight is 425 g/mol. The van der Waals surface area contributed by atoms with Crippen LogP contribution in [0.3, 0.4) is 0 Å². The van der Waals surface area contributed by atoms with Crippen LogP contribution in [0.4, 0.5) is 5.69 Å². The standard InChI is InChI=1S/C29H20BNO2/c32-31(33)25-18-16-21(17-19-25)26-20-30-29(24-14-8-3-9-15-24)28(23-12-6-2-7-13-23)27(26)22-10-4-1-5-11-22/h1-20H. The summed E-state index contributed by atoms with van der Waals surface area (Å²) in [6.45, 7) is 2.15. The summed E-state index contributed by atoms with van der Waals surface area (Å²) in [4.78, 5) is 10.8. The number of hydrogen-bond donors (Lipinski definition) is 0. The van der Waals surface area contributed by atoms with Crippen molar-refractivity contribution in [1.82, 2.24) is 0 Å². The predicted octanol–water partition coefficient (Wildman–Crippen LogP) is 7.60. The van der Waals surface area contributed by atoms with E-state index in [1.807, 2.05) is 42.5 Å². The van der Waals surface area contributed by atoms with Crippen molar-refractivity contribution >= 4 is 12.6 Å². The van der Waals surface area contributed by atoms with Gasteiger partial charge in [-0.25, -0.2) is 0 Å². The molecule has 0 radical (unpaired) electrons. The predicted molar refractivity (Wildman–Crippen MR) is 136 cm³/mol. The van der Waals surface area contributed by atoms with Crippen molar-refractivity contribution in [2.45, 2.75) is 0 Å². The van der Waals surface area contributed by atoms with E-state index in [9.17, 15) is 10.1 Å². The third kappa shape index (κ3) is 4.11. The molecule has 4 aromatic carbocycles. The first kappa shape index (κ1) is 20.6. The van der Waals surface area contributed by atoms with Gasteiger partial charge in [0.05, 0.1) is 0 Å². The quantitative estimate of drug-likeness (QED) is 0.215. The van der Waals surface area contributed by atoms with Gasteiger partial charge in [-0.3, -0.25) is 0 Å². The molecule has 0 fully saturated rings. The van der Waals surface area contributed by atoms with E-state index in [0.717, 1.165) is 44.4 Å². The Kier molecular flexibility index (Phi) is 5.65. The Morgan fingerprint density at radius 2 is 1.03 bits per heavy atom. The SMILES string of the molecule is O=[N+]([O-])c1ccc(-c2cbc(-c3ccccc3)c(-c3ccccc3)c2-c2ccccc2)cc1. The second-order valence-electron chi connectivity index (χ2n) is 7.81. The summed E-state index contributed by atoms with van der Waals surface area (Å²) < 4.78 is 0. The fourth-order valence-corrected chi connectivity index (χ4v) is 4.27. The molecule has 0 saturated carbocycles.